The van der Waals surface area contributed by atoms with Crippen molar-refractivity contribution in [3.8, 4) is 0 Å². The molecule has 2 nitrogen and oxygen atoms in total. The molecule has 0 aromatic rings. The lowest BCUT2D eigenvalue weighted by molar-refractivity contribution is 0.139. The van der Waals surface area contributed by atoms with Crippen molar-refractivity contribution in [2.45, 2.75) is 39.0 Å². The van der Waals surface area contributed by atoms with Gasteiger partial charge in [-0.25, -0.2) is 0 Å². The van der Waals surface area contributed by atoms with E-state index < -0.39 is 0 Å². The molecule has 14 heavy (non-hydrogen) atoms. The second-order valence-electron chi connectivity index (χ2n) is 4.04. The van der Waals surface area contributed by atoms with Gasteiger partial charge in [-0.15, -0.1) is 0 Å². The summed E-state index contributed by atoms with van der Waals surface area (Å²) in [5, 5.41) is 0. The molecule has 0 aromatic heterocycles. The van der Waals surface area contributed by atoms with Gasteiger partial charge in [0.25, 0.3) is 0 Å². The number of nitrogens with zero attached hydrogens (tertiary/aromatic N) is 1. The fraction of sp³-hybridized carbons (Fsp3) is 0.833. The van der Waals surface area contributed by atoms with Gasteiger partial charge in [-0.05, 0) is 32.4 Å². The molecular formula is C12H23NO. The van der Waals surface area contributed by atoms with Crippen LogP contribution in [0.15, 0.2) is 12.3 Å². The van der Waals surface area contributed by atoms with E-state index in [1.54, 1.807) is 0 Å². The highest BCUT2D eigenvalue weighted by molar-refractivity contribution is 4.81. The number of hydrogen-bond acceptors (Lipinski definition) is 2. The lowest BCUT2D eigenvalue weighted by Crippen LogP contribution is -2.32. The summed E-state index contributed by atoms with van der Waals surface area (Å²) < 4.78 is 5.55. The largest absolute Gasteiger partial charge is 0.497 e. The van der Waals surface area contributed by atoms with Crippen LogP contribution in [0.1, 0.15) is 39.0 Å². The van der Waals surface area contributed by atoms with Gasteiger partial charge in [0.05, 0.1) is 5.76 Å². The minimum absolute atomic E-state index is 0.818. The number of piperidine rings is 1. The molecular weight excluding hydrogens is 174 g/mol. The Morgan fingerprint density at radius 2 is 2.00 bits per heavy atom. The van der Waals surface area contributed by atoms with Crippen LogP contribution in [0.5, 0.6) is 0 Å². The summed E-state index contributed by atoms with van der Waals surface area (Å²) in [6.07, 6.45) is 6.24. The van der Waals surface area contributed by atoms with Crippen molar-refractivity contribution in [3.05, 3.63) is 12.3 Å². The van der Waals surface area contributed by atoms with E-state index in [1.165, 1.54) is 32.4 Å². The zero-order valence-electron chi connectivity index (χ0n) is 9.43. The first-order valence-electron chi connectivity index (χ1n) is 5.86. The summed E-state index contributed by atoms with van der Waals surface area (Å²) in [7, 11) is 0. The summed E-state index contributed by atoms with van der Waals surface area (Å²) in [4.78, 5) is 2.49. The summed E-state index contributed by atoms with van der Waals surface area (Å²) in [6, 6.07) is 0. The molecule has 0 saturated carbocycles. The van der Waals surface area contributed by atoms with E-state index >= 15 is 0 Å². The standard InChI is InChI=1S/C12H23NO/c1-3-7-12(2)14-11-10-13-8-5-4-6-9-13/h2-11H2,1H3. The number of hydrogen-bond donors (Lipinski definition) is 0. The average molecular weight is 197 g/mol. The summed E-state index contributed by atoms with van der Waals surface area (Å²) in [5.41, 5.74) is 0. The van der Waals surface area contributed by atoms with E-state index in [-0.39, 0.29) is 0 Å². The van der Waals surface area contributed by atoms with Crippen molar-refractivity contribution < 1.29 is 4.74 Å². The highest BCUT2D eigenvalue weighted by atomic mass is 16.5. The van der Waals surface area contributed by atoms with Gasteiger partial charge in [0.1, 0.15) is 6.61 Å². The third-order valence-corrected chi connectivity index (χ3v) is 2.69. The van der Waals surface area contributed by atoms with Crippen molar-refractivity contribution in [2.75, 3.05) is 26.2 Å². The molecule has 0 bridgehead atoms. The van der Waals surface area contributed by atoms with Crippen molar-refractivity contribution in [1.29, 1.82) is 0 Å². The Labute approximate surface area is 87.9 Å². The molecule has 1 rings (SSSR count). The van der Waals surface area contributed by atoms with E-state index in [9.17, 15) is 0 Å². The predicted octanol–water partition coefficient (Wildman–Crippen LogP) is 2.80. The van der Waals surface area contributed by atoms with Gasteiger partial charge in [0.2, 0.25) is 0 Å². The number of ether oxygens (including phenoxy) is 1. The summed E-state index contributed by atoms with van der Waals surface area (Å²) in [5.74, 6) is 0.949. The molecule has 82 valence electrons. The Bertz CT molecular complexity index is 162. The average Bonchev–Trinajstić information content (AvgIpc) is 2.20. The Morgan fingerprint density at radius 3 is 2.64 bits per heavy atom. The van der Waals surface area contributed by atoms with Crippen LogP contribution in [0.25, 0.3) is 0 Å². The first-order valence-corrected chi connectivity index (χ1v) is 5.86. The number of likely N-dealkylation sites (tertiary alicyclic amines) is 1. The third kappa shape index (κ3) is 4.66. The smallest absolute Gasteiger partial charge is 0.100 e. The second-order valence-corrected chi connectivity index (χ2v) is 4.04. The van der Waals surface area contributed by atoms with Crippen molar-refractivity contribution >= 4 is 0 Å². The van der Waals surface area contributed by atoms with Gasteiger partial charge >= 0.3 is 0 Å². The molecule has 0 unspecified atom stereocenters. The maximum Gasteiger partial charge on any atom is 0.100 e. The van der Waals surface area contributed by atoms with Crippen LogP contribution in [0.3, 0.4) is 0 Å². The molecule has 1 aliphatic rings. The second kappa shape index (κ2) is 6.88. The lowest BCUT2D eigenvalue weighted by Gasteiger charge is -2.26. The molecule has 0 aliphatic carbocycles. The normalized spacial score (nSPS) is 18.1. The molecule has 0 N–H and O–H groups in total. The van der Waals surface area contributed by atoms with Crippen LogP contribution < -0.4 is 0 Å². The minimum Gasteiger partial charge on any atom is -0.497 e. The van der Waals surface area contributed by atoms with E-state index in [4.69, 9.17) is 4.74 Å². The topological polar surface area (TPSA) is 12.5 Å². The first kappa shape index (κ1) is 11.6. The van der Waals surface area contributed by atoms with Gasteiger partial charge in [0, 0.05) is 13.0 Å². The van der Waals surface area contributed by atoms with Crippen LogP contribution >= 0.6 is 0 Å². The third-order valence-electron chi connectivity index (χ3n) is 2.69. The predicted molar refractivity (Wildman–Crippen MR) is 60.3 cm³/mol. The molecule has 0 spiro atoms. The van der Waals surface area contributed by atoms with Gasteiger partial charge < -0.3 is 4.74 Å². The first-order chi connectivity index (χ1) is 6.83. The SMILES string of the molecule is C=C(CCC)OCCN1CCCCC1. The highest BCUT2D eigenvalue weighted by Gasteiger charge is 2.09. The van der Waals surface area contributed by atoms with Crippen LogP contribution in [0.2, 0.25) is 0 Å². The molecule has 0 radical (unpaired) electrons. The molecule has 1 fully saturated rings. The summed E-state index contributed by atoms with van der Waals surface area (Å²) in [6.45, 7) is 10.4. The highest BCUT2D eigenvalue weighted by Crippen LogP contribution is 2.09. The lowest BCUT2D eigenvalue weighted by atomic mass is 10.1. The quantitative estimate of drug-likeness (QED) is 0.607. The molecule has 2 heteroatoms. The maximum absolute atomic E-state index is 5.55. The monoisotopic (exact) mass is 197 g/mol. The Balaban J connectivity index is 1.99. The Morgan fingerprint density at radius 1 is 1.29 bits per heavy atom. The molecule has 1 saturated heterocycles. The van der Waals surface area contributed by atoms with Crippen LogP contribution in [-0.4, -0.2) is 31.1 Å². The Kier molecular flexibility index (Phi) is 5.69. The van der Waals surface area contributed by atoms with Crippen molar-refractivity contribution in [3.63, 3.8) is 0 Å². The summed E-state index contributed by atoms with van der Waals surface area (Å²) >= 11 is 0. The Hall–Kier alpha value is -0.500. The molecule has 1 heterocycles. The molecule has 1 aliphatic heterocycles. The number of allylic oxidation sites excluding steroid dienone is 1. The minimum atomic E-state index is 0.818. The molecule has 0 amide bonds. The maximum atomic E-state index is 5.55. The van der Waals surface area contributed by atoms with Crippen molar-refractivity contribution in [2.24, 2.45) is 0 Å². The molecule has 0 aromatic carbocycles. The van der Waals surface area contributed by atoms with Gasteiger partial charge in [0.15, 0.2) is 0 Å². The van der Waals surface area contributed by atoms with Crippen LogP contribution in [-0.2, 0) is 4.74 Å². The van der Waals surface area contributed by atoms with Gasteiger partial charge in [-0.1, -0.05) is 19.9 Å². The zero-order chi connectivity index (χ0) is 10.2. The number of rotatable bonds is 6. The van der Waals surface area contributed by atoms with E-state index in [1.807, 2.05) is 0 Å². The van der Waals surface area contributed by atoms with Crippen LogP contribution in [0, 0.1) is 0 Å². The zero-order valence-corrected chi connectivity index (χ0v) is 9.43. The fourth-order valence-electron chi connectivity index (χ4n) is 1.85. The van der Waals surface area contributed by atoms with E-state index in [2.05, 4.69) is 18.4 Å². The van der Waals surface area contributed by atoms with Crippen molar-refractivity contribution in [1.82, 2.24) is 4.90 Å². The van der Waals surface area contributed by atoms with Gasteiger partial charge in [-0.3, -0.25) is 4.90 Å². The fourth-order valence-corrected chi connectivity index (χ4v) is 1.85. The van der Waals surface area contributed by atoms with Gasteiger partial charge in [-0.2, -0.15) is 0 Å². The van der Waals surface area contributed by atoms with E-state index in [0.29, 0.717) is 0 Å². The molecule has 0 atom stereocenters. The van der Waals surface area contributed by atoms with Crippen LogP contribution in [0.4, 0.5) is 0 Å². The van der Waals surface area contributed by atoms with E-state index in [0.717, 1.165) is 31.8 Å².